The third-order valence-corrected chi connectivity index (χ3v) is 5.50. The van der Waals surface area contributed by atoms with Gasteiger partial charge in [-0.3, -0.25) is 4.79 Å². The average molecular weight is 533 g/mol. The fourth-order valence-corrected chi connectivity index (χ4v) is 3.76. The molecule has 17 heteroatoms. The van der Waals surface area contributed by atoms with Gasteiger partial charge in [-0.25, -0.2) is 19.7 Å². The molecule has 2 unspecified atom stereocenters. The minimum absolute atomic E-state index is 0.000573. The van der Waals surface area contributed by atoms with Crippen LogP contribution in [-0.2, 0) is 23.7 Å². The van der Waals surface area contributed by atoms with Crippen LogP contribution in [0.5, 0.6) is 0 Å². The third-order valence-electron chi connectivity index (χ3n) is 5.50. The first-order valence-corrected chi connectivity index (χ1v) is 11.0. The lowest BCUT2D eigenvalue weighted by Gasteiger charge is -2.18. The van der Waals surface area contributed by atoms with E-state index in [1.807, 2.05) is 0 Å². The molecule has 37 heavy (non-hydrogen) atoms. The van der Waals surface area contributed by atoms with E-state index in [1.165, 1.54) is 0 Å². The molecule has 0 radical (unpaired) electrons. The number of anilines is 2. The van der Waals surface area contributed by atoms with Crippen molar-refractivity contribution < 1.29 is 31.1 Å². The van der Waals surface area contributed by atoms with E-state index >= 15 is 0 Å². The van der Waals surface area contributed by atoms with Crippen LogP contribution < -0.4 is 15.8 Å². The van der Waals surface area contributed by atoms with Crippen LogP contribution in [0.25, 0.3) is 0 Å². The van der Waals surface area contributed by atoms with Gasteiger partial charge in [0.1, 0.15) is 11.3 Å². The monoisotopic (exact) mass is 533 g/mol. The van der Waals surface area contributed by atoms with Gasteiger partial charge >= 0.3 is 12.4 Å². The average Bonchev–Trinajstić information content (AvgIpc) is 3.48. The SMILES string of the molecule is CC(COCc1cn(C2CCN(c3ncc(C(F)(F)F)cn3)C2)nn1)Nc1cn[nH]c(=O)c1C(F)(F)F. The molecule has 2 atom stereocenters. The van der Waals surface area contributed by atoms with E-state index in [0.29, 0.717) is 25.2 Å². The van der Waals surface area contributed by atoms with Gasteiger partial charge in [-0.2, -0.15) is 31.4 Å². The Morgan fingerprint density at radius 2 is 1.89 bits per heavy atom. The second-order valence-electron chi connectivity index (χ2n) is 8.39. The quantitative estimate of drug-likeness (QED) is 0.420. The Bertz CT molecular complexity index is 1260. The summed E-state index contributed by atoms with van der Waals surface area (Å²) in [7, 11) is 0. The molecular formula is C20H21F6N9O2. The first kappa shape index (κ1) is 26.3. The number of H-pyrrole nitrogens is 1. The summed E-state index contributed by atoms with van der Waals surface area (Å²) in [6.07, 6.45) is -4.70. The molecule has 0 bridgehead atoms. The summed E-state index contributed by atoms with van der Waals surface area (Å²) in [6.45, 7) is 2.54. The van der Waals surface area contributed by atoms with Gasteiger partial charge in [0.05, 0.1) is 42.9 Å². The molecule has 3 aromatic rings. The van der Waals surface area contributed by atoms with Gasteiger partial charge in [-0.1, -0.05) is 5.21 Å². The van der Waals surface area contributed by atoms with Gasteiger partial charge < -0.3 is 15.0 Å². The molecule has 4 rings (SSSR count). The Morgan fingerprint density at radius 3 is 2.57 bits per heavy atom. The highest BCUT2D eigenvalue weighted by atomic mass is 19.4. The van der Waals surface area contributed by atoms with Crippen molar-refractivity contribution in [3.63, 3.8) is 0 Å². The van der Waals surface area contributed by atoms with Crippen molar-refractivity contribution in [2.75, 3.05) is 29.9 Å². The summed E-state index contributed by atoms with van der Waals surface area (Å²) < 4.78 is 84.7. The third kappa shape index (κ3) is 6.33. The maximum absolute atomic E-state index is 13.2. The van der Waals surface area contributed by atoms with Crippen molar-refractivity contribution in [3.05, 3.63) is 52.0 Å². The fraction of sp³-hybridized carbons (Fsp3) is 0.500. The van der Waals surface area contributed by atoms with Crippen molar-refractivity contribution in [1.29, 1.82) is 0 Å². The molecule has 11 nitrogen and oxygen atoms in total. The highest BCUT2D eigenvalue weighted by molar-refractivity contribution is 5.50. The Labute approximate surface area is 204 Å². The lowest BCUT2D eigenvalue weighted by Crippen LogP contribution is -2.29. The predicted octanol–water partition coefficient (Wildman–Crippen LogP) is 2.66. The van der Waals surface area contributed by atoms with Crippen molar-refractivity contribution >= 4 is 11.6 Å². The number of halogens is 6. The molecule has 1 aliphatic heterocycles. The van der Waals surface area contributed by atoms with Crippen LogP contribution in [0.3, 0.4) is 0 Å². The van der Waals surface area contributed by atoms with E-state index in [4.69, 9.17) is 4.74 Å². The van der Waals surface area contributed by atoms with E-state index in [9.17, 15) is 31.1 Å². The number of aromatic amines is 1. The summed E-state index contributed by atoms with van der Waals surface area (Å²) in [5.74, 6) is 0.185. The van der Waals surface area contributed by atoms with Crippen molar-refractivity contribution in [2.24, 2.45) is 0 Å². The molecule has 2 N–H and O–H groups in total. The zero-order valence-electron chi connectivity index (χ0n) is 19.2. The molecule has 4 heterocycles. The number of hydrogen-bond donors (Lipinski definition) is 2. The van der Waals surface area contributed by atoms with Gasteiger partial charge in [-0.05, 0) is 13.3 Å². The molecular weight excluding hydrogens is 512 g/mol. The molecule has 1 fully saturated rings. The molecule has 0 amide bonds. The topological polar surface area (TPSA) is 127 Å². The summed E-state index contributed by atoms with van der Waals surface area (Å²) in [4.78, 5) is 20.9. The molecule has 200 valence electrons. The van der Waals surface area contributed by atoms with E-state index in [-0.39, 0.29) is 25.2 Å². The van der Waals surface area contributed by atoms with E-state index in [2.05, 4.69) is 30.7 Å². The summed E-state index contributed by atoms with van der Waals surface area (Å²) >= 11 is 0. The van der Waals surface area contributed by atoms with Crippen LogP contribution in [0, 0.1) is 0 Å². The molecule has 0 aliphatic carbocycles. The summed E-state index contributed by atoms with van der Waals surface area (Å²) in [5, 5.41) is 15.8. The van der Waals surface area contributed by atoms with Gasteiger partial charge in [-0.15, -0.1) is 5.10 Å². The second-order valence-corrected chi connectivity index (χ2v) is 8.39. The van der Waals surface area contributed by atoms with Gasteiger partial charge in [0.25, 0.3) is 5.56 Å². The Kier molecular flexibility index (Phi) is 7.33. The van der Waals surface area contributed by atoms with Crippen molar-refractivity contribution in [2.45, 2.75) is 44.4 Å². The van der Waals surface area contributed by atoms with Crippen LogP contribution in [0.1, 0.15) is 36.2 Å². The van der Waals surface area contributed by atoms with Gasteiger partial charge in [0, 0.05) is 31.5 Å². The molecule has 0 aromatic carbocycles. The van der Waals surface area contributed by atoms with E-state index in [0.717, 1.165) is 18.6 Å². The van der Waals surface area contributed by atoms with E-state index < -0.39 is 40.8 Å². The molecule has 0 saturated carbocycles. The Morgan fingerprint density at radius 1 is 1.16 bits per heavy atom. The number of hydrogen-bond acceptors (Lipinski definition) is 9. The maximum Gasteiger partial charge on any atom is 0.423 e. The largest absolute Gasteiger partial charge is 0.423 e. The molecule has 3 aromatic heterocycles. The zero-order chi connectivity index (χ0) is 26.8. The molecule has 1 saturated heterocycles. The first-order chi connectivity index (χ1) is 17.4. The summed E-state index contributed by atoms with van der Waals surface area (Å²) in [6, 6.07) is -0.705. The van der Waals surface area contributed by atoms with Crippen molar-refractivity contribution in [1.82, 2.24) is 35.2 Å². The number of nitrogens with one attached hydrogen (secondary N) is 2. The lowest BCUT2D eigenvalue weighted by atomic mass is 10.2. The van der Waals surface area contributed by atoms with Crippen LogP contribution in [-0.4, -0.2) is 60.9 Å². The Balaban J connectivity index is 1.28. The minimum Gasteiger partial charge on any atom is -0.378 e. The second kappa shape index (κ2) is 10.3. The van der Waals surface area contributed by atoms with Crippen LogP contribution in [0.2, 0.25) is 0 Å². The fourth-order valence-electron chi connectivity index (χ4n) is 3.76. The van der Waals surface area contributed by atoms with Crippen molar-refractivity contribution in [3.8, 4) is 0 Å². The number of nitrogens with zero attached hydrogens (tertiary/aromatic N) is 7. The van der Waals surface area contributed by atoms with Crippen LogP contribution in [0.4, 0.5) is 38.0 Å². The number of alkyl halides is 6. The molecule has 1 aliphatic rings. The highest BCUT2D eigenvalue weighted by Crippen LogP contribution is 2.32. The minimum atomic E-state index is -4.85. The number of aromatic nitrogens is 7. The highest BCUT2D eigenvalue weighted by Gasteiger charge is 2.37. The number of ether oxygens (including phenoxy) is 1. The normalized spacial score (nSPS) is 17.3. The maximum atomic E-state index is 13.2. The Hall–Kier alpha value is -3.76. The summed E-state index contributed by atoms with van der Waals surface area (Å²) in [5.41, 5.74) is -3.62. The van der Waals surface area contributed by atoms with Crippen LogP contribution >= 0.6 is 0 Å². The number of rotatable bonds is 8. The smallest absolute Gasteiger partial charge is 0.378 e. The van der Waals surface area contributed by atoms with Gasteiger partial charge in [0.2, 0.25) is 5.95 Å². The lowest BCUT2D eigenvalue weighted by molar-refractivity contribution is -0.139. The molecule has 0 spiro atoms. The predicted molar refractivity (Wildman–Crippen MR) is 116 cm³/mol. The van der Waals surface area contributed by atoms with E-state index in [1.54, 1.807) is 27.8 Å². The van der Waals surface area contributed by atoms with Gasteiger partial charge in [0.15, 0.2) is 0 Å². The zero-order valence-corrected chi connectivity index (χ0v) is 19.2. The standard InChI is InChI=1S/C20H21F6N9O2/c1-11(30-15-6-29-32-17(36)16(15)20(24,25)26)9-37-10-13-7-35(33-31-13)14-2-3-34(8-14)18-27-4-12(5-28-18)19(21,22)23/h4-7,11,14H,2-3,8-10H2,1H3,(H2,30,32,36). The van der Waals surface area contributed by atoms with Crippen LogP contribution in [0.15, 0.2) is 29.6 Å². The first-order valence-electron chi connectivity index (χ1n) is 11.0.